The van der Waals surface area contributed by atoms with Gasteiger partial charge in [0, 0.05) is 6.42 Å². The summed E-state index contributed by atoms with van der Waals surface area (Å²) in [6.45, 7) is 0.930. The summed E-state index contributed by atoms with van der Waals surface area (Å²) in [4.78, 5) is 10.9. The molecular formula is C14H27ClO4. The van der Waals surface area contributed by atoms with Crippen molar-refractivity contribution in [2.24, 2.45) is 0 Å². The fourth-order valence-electron chi connectivity index (χ4n) is 1.80. The van der Waals surface area contributed by atoms with Gasteiger partial charge in [-0.05, 0) is 12.8 Å². The van der Waals surface area contributed by atoms with E-state index in [4.69, 9.17) is 21.4 Å². The Morgan fingerprint density at radius 1 is 1.16 bits per heavy atom. The molecule has 0 aromatic heterocycles. The molecule has 0 aliphatic heterocycles. The second-order valence-corrected chi connectivity index (χ2v) is 5.25. The molecule has 5 heteroatoms. The number of carbonyl (C=O) groups is 1. The number of aliphatic hydroxyl groups excluding tert-OH is 1. The lowest BCUT2D eigenvalue weighted by Gasteiger charge is -2.09. The summed E-state index contributed by atoms with van der Waals surface area (Å²) in [6, 6.07) is 0. The fraction of sp³-hybridized carbons (Fsp3) is 0.929. The van der Waals surface area contributed by atoms with E-state index in [0.29, 0.717) is 19.6 Å². The zero-order valence-corrected chi connectivity index (χ0v) is 12.7. The lowest BCUT2D eigenvalue weighted by atomic mass is 10.1. The van der Waals surface area contributed by atoms with Crippen LogP contribution in [0.15, 0.2) is 0 Å². The highest BCUT2D eigenvalue weighted by Gasteiger charge is 2.04. The predicted molar refractivity (Wildman–Crippen MR) is 76.5 cm³/mol. The van der Waals surface area contributed by atoms with Gasteiger partial charge in [0.05, 0.1) is 32.3 Å². The van der Waals surface area contributed by atoms with Crippen LogP contribution in [-0.4, -0.2) is 43.4 Å². The Hall–Kier alpha value is -0.320. The van der Waals surface area contributed by atoms with E-state index in [1.807, 2.05) is 0 Å². The fourth-order valence-corrected chi connectivity index (χ4v) is 2.05. The van der Waals surface area contributed by atoms with Crippen LogP contribution < -0.4 is 0 Å². The van der Waals surface area contributed by atoms with E-state index in [0.717, 1.165) is 32.1 Å². The van der Waals surface area contributed by atoms with Gasteiger partial charge in [-0.2, -0.15) is 0 Å². The van der Waals surface area contributed by atoms with Crippen LogP contribution in [0.4, 0.5) is 0 Å². The molecule has 0 radical (unpaired) electrons. The molecule has 0 aliphatic carbocycles. The van der Waals surface area contributed by atoms with Crippen molar-refractivity contribution in [3.63, 3.8) is 0 Å². The standard InChI is InChI=1S/C14H27ClO4/c1-18-14(17)9-7-5-3-2-4-6-8-13(15)12-19-11-10-16/h13,16H,2-12H2,1H3. The van der Waals surface area contributed by atoms with E-state index < -0.39 is 0 Å². The Kier molecular flexibility index (Phi) is 13.9. The van der Waals surface area contributed by atoms with Gasteiger partial charge in [0.1, 0.15) is 0 Å². The number of aliphatic hydroxyl groups is 1. The van der Waals surface area contributed by atoms with Crippen molar-refractivity contribution >= 4 is 17.6 Å². The summed E-state index contributed by atoms with van der Waals surface area (Å²) < 4.78 is 9.74. The van der Waals surface area contributed by atoms with Crippen LogP contribution in [0.5, 0.6) is 0 Å². The van der Waals surface area contributed by atoms with Gasteiger partial charge in [-0.1, -0.05) is 32.1 Å². The van der Waals surface area contributed by atoms with Crippen molar-refractivity contribution in [1.82, 2.24) is 0 Å². The molecule has 0 aromatic carbocycles. The molecule has 0 saturated heterocycles. The lowest BCUT2D eigenvalue weighted by molar-refractivity contribution is -0.140. The molecule has 1 atom stereocenters. The minimum atomic E-state index is -0.118. The highest BCUT2D eigenvalue weighted by Crippen LogP contribution is 2.12. The molecule has 0 bridgehead atoms. The van der Waals surface area contributed by atoms with Crippen molar-refractivity contribution in [3.8, 4) is 0 Å². The number of methoxy groups -OCH3 is 1. The van der Waals surface area contributed by atoms with E-state index in [-0.39, 0.29) is 18.0 Å². The third kappa shape index (κ3) is 13.9. The number of carbonyl (C=O) groups excluding carboxylic acids is 1. The minimum absolute atomic E-state index is 0.0471. The zero-order chi connectivity index (χ0) is 14.3. The summed E-state index contributed by atoms with van der Waals surface area (Å²) >= 11 is 6.07. The van der Waals surface area contributed by atoms with Crippen LogP contribution in [0, 0.1) is 0 Å². The van der Waals surface area contributed by atoms with Gasteiger partial charge in [-0.25, -0.2) is 0 Å². The first-order valence-corrected chi connectivity index (χ1v) is 7.53. The van der Waals surface area contributed by atoms with Crippen molar-refractivity contribution in [1.29, 1.82) is 0 Å². The van der Waals surface area contributed by atoms with Gasteiger partial charge < -0.3 is 14.6 Å². The first kappa shape index (κ1) is 18.7. The Balaban J connectivity index is 3.15. The quantitative estimate of drug-likeness (QED) is 0.322. The molecule has 0 rings (SSSR count). The number of hydrogen-bond donors (Lipinski definition) is 1. The summed E-state index contributed by atoms with van der Waals surface area (Å²) in [5, 5.41) is 8.60. The average Bonchev–Trinajstić information content (AvgIpc) is 2.41. The molecule has 0 heterocycles. The van der Waals surface area contributed by atoms with Crippen molar-refractivity contribution in [2.75, 3.05) is 26.9 Å². The highest BCUT2D eigenvalue weighted by molar-refractivity contribution is 6.20. The molecule has 0 aromatic rings. The molecule has 4 nitrogen and oxygen atoms in total. The summed E-state index contributed by atoms with van der Waals surface area (Å²) in [6.07, 6.45) is 8.10. The van der Waals surface area contributed by atoms with Gasteiger partial charge >= 0.3 is 5.97 Å². The summed E-state index contributed by atoms with van der Waals surface area (Å²) in [5.41, 5.74) is 0. The van der Waals surface area contributed by atoms with Gasteiger partial charge in [-0.3, -0.25) is 4.79 Å². The smallest absolute Gasteiger partial charge is 0.305 e. The Bertz CT molecular complexity index is 212. The van der Waals surface area contributed by atoms with E-state index in [1.165, 1.54) is 20.0 Å². The predicted octanol–water partition coefficient (Wildman–Crippen LogP) is 2.90. The molecule has 1 unspecified atom stereocenters. The van der Waals surface area contributed by atoms with Gasteiger partial charge in [0.25, 0.3) is 0 Å². The maximum Gasteiger partial charge on any atom is 0.305 e. The minimum Gasteiger partial charge on any atom is -0.469 e. The third-order valence-corrected chi connectivity index (χ3v) is 3.25. The molecule has 0 amide bonds. The molecule has 1 N–H and O–H groups in total. The van der Waals surface area contributed by atoms with Crippen molar-refractivity contribution < 1.29 is 19.4 Å². The number of unbranched alkanes of at least 4 members (excludes halogenated alkanes) is 5. The van der Waals surface area contributed by atoms with Crippen LogP contribution in [0.1, 0.15) is 51.4 Å². The second kappa shape index (κ2) is 14.1. The number of alkyl halides is 1. The SMILES string of the molecule is COC(=O)CCCCCCCCC(Cl)COCCO. The van der Waals surface area contributed by atoms with Gasteiger partial charge in [0.2, 0.25) is 0 Å². The number of rotatable bonds is 13. The first-order chi connectivity index (χ1) is 9.20. The number of esters is 1. The lowest BCUT2D eigenvalue weighted by Crippen LogP contribution is -2.11. The zero-order valence-electron chi connectivity index (χ0n) is 11.9. The second-order valence-electron chi connectivity index (χ2n) is 4.63. The first-order valence-electron chi connectivity index (χ1n) is 7.10. The topological polar surface area (TPSA) is 55.8 Å². The molecule has 114 valence electrons. The molecule has 0 fully saturated rings. The third-order valence-electron chi connectivity index (χ3n) is 2.91. The Labute approximate surface area is 121 Å². The normalized spacial score (nSPS) is 12.4. The Morgan fingerprint density at radius 2 is 1.79 bits per heavy atom. The molecule has 19 heavy (non-hydrogen) atoms. The largest absolute Gasteiger partial charge is 0.469 e. The monoisotopic (exact) mass is 294 g/mol. The molecule has 0 saturated carbocycles. The van der Waals surface area contributed by atoms with Crippen LogP contribution in [-0.2, 0) is 14.3 Å². The molecular weight excluding hydrogens is 268 g/mol. The number of ether oxygens (including phenoxy) is 2. The highest BCUT2D eigenvalue weighted by atomic mass is 35.5. The average molecular weight is 295 g/mol. The van der Waals surface area contributed by atoms with E-state index in [9.17, 15) is 4.79 Å². The van der Waals surface area contributed by atoms with E-state index >= 15 is 0 Å². The summed E-state index contributed by atoms with van der Waals surface area (Å²) in [7, 11) is 1.43. The van der Waals surface area contributed by atoms with Gasteiger partial charge in [0.15, 0.2) is 0 Å². The maximum atomic E-state index is 10.9. The molecule has 0 spiro atoms. The number of hydrogen-bond acceptors (Lipinski definition) is 4. The van der Waals surface area contributed by atoms with Crippen molar-refractivity contribution in [3.05, 3.63) is 0 Å². The van der Waals surface area contributed by atoms with Gasteiger partial charge in [-0.15, -0.1) is 11.6 Å². The number of halogens is 1. The van der Waals surface area contributed by atoms with Crippen molar-refractivity contribution in [2.45, 2.75) is 56.7 Å². The summed E-state index contributed by atoms with van der Waals surface area (Å²) in [5.74, 6) is -0.118. The van der Waals surface area contributed by atoms with Crippen LogP contribution in [0.3, 0.4) is 0 Å². The Morgan fingerprint density at radius 3 is 2.42 bits per heavy atom. The van der Waals surface area contributed by atoms with E-state index in [2.05, 4.69) is 4.74 Å². The van der Waals surface area contributed by atoms with E-state index in [1.54, 1.807) is 0 Å². The van der Waals surface area contributed by atoms with Crippen LogP contribution >= 0.6 is 11.6 Å². The van der Waals surface area contributed by atoms with Crippen LogP contribution in [0.2, 0.25) is 0 Å². The molecule has 0 aliphatic rings. The maximum absolute atomic E-state index is 10.9. The van der Waals surface area contributed by atoms with Crippen LogP contribution in [0.25, 0.3) is 0 Å².